The van der Waals surface area contributed by atoms with E-state index >= 15 is 0 Å². The van der Waals surface area contributed by atoms with Crippen LogP contribution in [0.25, 0.3) is 10.8 Å². The lowest BCUT2D eigenvalue weighted by atomic mass is 10.1. The highest BCUT2D eigenvalue weighted by molar-refractivity contribution is 7.89. The van der Waals surface area contributed by atoms with Crippen molar-refractivity contribution in [1.29, 1.82) is 0 Å². The quantitative estimate of drug-likeness (QED) is 0.885. The Kier molecular flexibility index (Phi) is 3.55. The molecule has 0 unspecified atom stereocenters. The Labute approximate surface area is 110 Å². The molecule has 2 aromatic rings. The Balaban J connectivity index is 2.74. The van der Waals surface area contributed by atoms with Crippen LogP contribution >= 0.6 is 0 Å². The van der Waals surface area contributed by atoms with Gasteiger partial charge in [-0.25, -0.2) is 13.1 Å². The molecule has 5 nitrogen and oxygen atoms in total. The van der Waals surface area contributed by atoms with Crippen molar-refractivity contribution < 1.29 is 18.3 Å². The molecule has 0 fully saturated rings. The average molecular weight is 279 g/mol. The first-order chi connectivity index (χ1) is 8.94. The number of carboxylic acids is 1. The third-order valence-electron chi connectivity index (χ3n) is 2.83. The minimum Gasteiger partial charge on any atom is -0.481 e. The number of fused-ring (bicyclic) bond motifs is 1. The van der Waals surface area contributed by atoms with Crippen molar-refractivity contribution in [1.82, 2.24) is 4.72 Å². The first-order valence-corrected chi connectivity index (χ1v) is 7.09. The van der Waals surface area contributed by atoms with Crippen LogP contribution in [-0.4, -0.2) is 26.5 Å². The molecule has 6 heteroatoms. The van der Waals surface area contributed by atoms with E-state index in [1.54, 1.807) is 18.2 Å². The van der Waals surface area contributed by atoms with Gasteiger partial charge in [0.15, 0.2) is 0 Å². The summed E-state index contributed by atoms with van der Waals surface area (Å²) in [5, 5.41) is 10.5. The number of benzene rings is 2. The lowest BCUT2D eigenvalue weighted by Crippen LogP contribution is -2.21. The summed E-state index contributed by atoms with van der Waals surface area (Å²) >= 11 is 0. The van der Waals surface area contributed by atoms with E-state index in [0.717, 1.165) is 10.8 Å². The lowest BCUT2D eigenvalue weighted by molar-refractivity contribution is -0.136. The molecule has 0 aromatic heterocycles. The van der Waals surface area contributed by atoms with Crippen LogP contribution in [0.2, 0.25) is 0 Å². The second kappa shape index (κ2) is 4.99. The highest BCUT2D eigenvalue weighted by Crippen LogP contribution is 2.24. The molecule has 0 saturated carbocycles. The van der Waals surface area contributed by atoms with Crippen LogP contribution in [0.1, 0.15) is 5.56 Å². The van der Waals surface area contributed by atoms with Gasteiger partial charge in [-0.2, -0.15) is 0 Å². The molecule has 0 aliphatic heterocycles. The van der Waals surface area contributed by atoms with Crippen LogP contribution in [0.15, 0.2) is 41.3 Å². The summed E-state index contributed by atoms with van der Waals surface area (Å²) in [5.74, 6) is -1.07. The van der Waals surface area contributed by atoms with Crippen molar-refractivity contribution in [3.63, 3.8) is 0 Å². The number of sulfonamides is 1. The first-order valence-electron chi connectivity index (χ1n) is 5.61. The average Bonchev–Trinajstić information content (AvgIpc) is 2.37. The molecule has 0 radical (unpaired) electrons. The molecule has 2 rings (SSSR count). The predicted octanol–water partition coefficient (Wildman–Crippen LogP) is 1.38. The molecule has 0 amide bonds. The maximum atomic E-state index is 11.9. The third kappa shape index (κ3) is 2.74. The van der Waals surface area contributed by atoms with Crippen LogP contribution in [0.4, 0.5) is 0 Å². The minimum atomic E-state index is -3.68. The topological polar surface area (TPSA) is 83.5 Å². The van der Waals surface area contributed by atoms with Gasteiger partial charge in [-0.05, 0) is 35.5 Å². The third-order valence-corrected chi connectivity index (χ3v) is 4.33. The molecule has 0 atom stereocenters. The van der Waals surface area contributed by atoms with E-state index in [0.29, 0.717) is 0 Å². The summed E-state index contributed by atoms with van der Waals surface area (Å²) in [6, 6.07) is 10.3. The fraction of sp³-hybridized carbons (Fsp3) is 0.154. The smallest absolute Gasteiger partial charge is 0.307 e. The van der Waals surface area contributed by atoms with E-state index in [2.05, 4.69) is 4.72 Å². The second-order valence-corrected chi connectivity index (χ2v) is 5.94. The standard InChI is InChI=1S/C13H13NO4S/c1-14-19(17,18)12-7-10-5-3-2-4-9(10)6-11(12)8-13(15)16/h2-7,14H,8H2,1H3,(H,15,16). The number of hydrogen-bond donors (Lipinski definition) is 2. The maximum Gasteiger partial charge on any atom is 0.307 e. The zero-order valence-electron chi connectivity index (χ0n) is 10.3. The minimum absolute atomic E-state index is 0.0103. The fourth-order valence-corrected chi connectivity index (χ4v) is 2.91. The number of hydrogen-bond acceptors (Lipinski definition) is 3. The number of nitrogens with one attached hydrogen (secondary N) is 1. The molecule has 0 aliphatic rings. The van der Waals surface area contributed by atoms with E-state index in [1.165, 1.54) is 13.1 Å². The molecule has 0 heterocycles. The van der Waals surface area contributed by atoms with Crippen molar-refractivity contribution >= 4 is 26.8 Å². The SMILES string of the molecule is CNS(=O)(=O)c1cc2ccccc2cc1CC(=O)O. The number of carboxylic acid groups (broad SMARTS) is 1. The second-order valence-electron chi connectivity index (χ2n) is 4.09. The number of carbonyl (C=O) groups is 1. The first kappa shape index (κ1) is 13.5. The van der Waals surface area contributed by atoms with Crippen LogP contribution < -0.4 is 4.72 Å². The summed E-state index contributed by atoms with van der Waals surface area (Å²) in [6.07, 6.45) is -0.332. The molecule has 100 valence electrons. The van der Waals surface area contributed by atoms with E-state index in [9.17, 15) is 13.2 Å². The summed E-state index contributed by atoms with van der Waals surface area (Å²) in [5.41, 5.74) is 0.278. The predicted molar refractivity (Wildman–Crippen MR) is 71.5 cm³/mol. The van der Waals surface area contributed by atoms with Crippen LogP contribution in [0.3, 0.4) is 0 Å². The van der Waals surface area contributed by atoms with Gasteiger partial charge in [0.05, 0.1) is 11.3 Å². The Morgan fingerprint density at radius 3 is 2.32 bits per heavy atom. The Hall–Kier alpha value is -1.92. The van der Waals surface area contributed by atoms with Crippen molar-refractivity contribution in [2.75, 3.05) is 7.05 Å². The summed E-state index contributed by atoms with van der Waals surface area (Å²) < 4.78 is 26.1. The van der Waals surface area contributed by atoms with Gasteiger partial charge in [0, 0.05) is 0 Å². The van der Waals surface area contributed by atoms with Gasteiger partial charge in [0.1, 0.15) is 0 Å². The maximum absolute atomic E-state index is 11.9. The summed E-state index contributed by atoms with van der Waals surface area (Å²) in [4.78, 5) is 10.9. The normalized spacial score (nSPS) is 11.6. The highest BCUT2D eigenvalue weighted by Gasteiger charge is 2.19. The van der Waals surface area contributed by atoms with Crippen LogP contribution in [0.5, 0.6) is 0 Å². The van der Waals surface area contributed by atoms with Crippen molar-refractivity contribution in [2.45, 2.75) is 11.3 Å². The Morgan fingerprint density at radius 2 is 1.79 bits per heavy atom. The van der Waals surface area contributed by atoms with Gasteiger partial charge in [-0.1, -0.05) is 24.3 Å². The number of aliphatic carboxylic acids is 1. The monoisotopic (exact) mass is 279 g/mol. The molecule has 0 spiro atoms. The van der Waals surface area contributed by atoms with Gasteiger partial charge in [0.2, 0.25) is 10.0 Å². The molecule has 0 saturated heterocycles. The van der Waals surface area contributed by atoms with E-state index in [4.69, 9.17) is 5.11 Å². The number of rotatable bonds is 4. The molecular formula is C13H13NO4S. The molecular weight excluding hydrogens is 266 g/mol. The lowest BCUT2D eigenvalue weighted by Gasteiger charge is -2.10. The van der Waals surface area contributed by atoms with E-state index in [1.807, 2.05) is 12.1 Å². The van der Waals surface area contributed by atoms with Gasteiger partial charge < -0.3 is 5.11 Å². The zero-order valence-corrected chi connectivity index (χ0v) is 11.1. The van der Waals surface area contributed by atoms with Crippen molar-refractivity contribution in [2.24, 2.45) is 0 Å². The van der Waals surface area contributed by atoms with Gasteiger partial charge in [0.25, 0.3) is 0 Å². The Morgan fingerprint density at radius 1 is 1.21 bits per heavy atom. The van der Waals surface area contributed by atoms with Gasteiger partial charge in [-0.3, -0.25) is 4.79 Å². The highest BCUT2D eigenvalue weighted by atomic mass is 32.2. The van der Waals surface area contributed by atoms with Crippen LogP contribution in [-0.2, 0) is 21.2 Å². The van der Waals surface area contributed by atoms with E-state index in [-0.39, 0.29) is 16.9 Å². The Bertz CT molecular complexity index is 737. The van der Waals surface area contributed by atoms with E-state index < -0.39 is 16.0 Å². The van der Waals surface area contributed by atoms with Gasteiger partial charge >= 0.3 is 5.97 Å². The molecule has 2 aromatic carbocycles. The summed E-state index contributed by atoms with van der Waals surface area (Å²) in [6.45, 7) is 0. The fourth-order valence-electron chi connectivity index (χ4n) is 1.93. The molecule has 0 bridgehead atoms. The summed E-state index contributed by atoms with van der Waals surface area (Å²) in [7, 11) is -2.38. The van der Waals surface area contributed by atoms with Crippen molar-refractivity contribution in [3.05, 3.63) is 42.0 Å². The van der Waals surface area contributed by atoms with Crippen molar-refractivity contribution in [3.8, 4) is 0 Å². The molecule has 19 heavy (non-hydrogen) atoms. The zero-order chi connectivity index (χ0) is 14.0. The molecule has 2 N–H and O–H groups in total. The molecule has 0 aliphatic carbocycles. The van der Waals surface area contributed by atoms with Crippen LogP contribution in [0, 0.1) is 0 Å². The largest absolute Gasteiger partial charge is 0.481 e. The van der Waals surface area contributed by atoms with Gasteiger partial charge in [-0.15, -0.1) is 0 Å².